The molecule has 1 aliphatic rings. The van der Waals surface area contributed by atoms with E-state index in [0.29, 0.717) is 35.1 Å². The number of aryl methyl sites for hydroxylation is 1. The molecule has 0 aliphatic carbocycles. The smallest absolute Gasteiger partial charge is 0.243 e. The maximum atomic E-state index is 12.6. The summed E-state index contributed by atoms with van der Waals surface area (Å²) < 4.78 is 57.7. The fourth-order valence-corrected chi connectivity index (χ4v) is 6.15. The number of anilines is 1. The third-order valence-electron chi connectivity index (χ3n) is 5.35. The van der Waals surface area contributed by atoms with E-state index in [1.54, 1.807) is 31.2 Å². The summed E-state index contributed by atoms with van der Waals surface area (Å²) in [5.41, 5.74) is 1.01. The molecule has 34 heavy (non-hydrogen) atoms. The lowest BCUT2D eigenvalue weighted by Crippen LogP contribution is -2.41. The number of carbonyl (C=O) groups is 1. The molecule has 0 unspecified atom stereocenters. The average molecular weight is 530 g/mol. The van der Waals surface area contributed by atoms with Gasteiger partial charge in [-0.2, -0.15) is 4.31 Å². The number of hydrogen-bond donors (Lipinski definition) is 1. The van der Waals surface area contributed by atoms with Crippen molar-refractivity contribution < 1.29 is 26.4 Å². The lowest BCUT2D eigenvalue weighted by molar-refractivity contribution is -0.119. The zero-order chi connectivity index (χ0) is 24.9. The van der Waals surface area contributed by atoms with Crippen molar-refractivity contribution in [2.75, 3.05) is 43.3 Å². The van der Waals surface area contributed by atoms with Gasteiger partial charge in [-0.15, -0.1) is 0 Å². The minimum atomic E-state index is -3.72. The second-order valence-electron chi connectivity index (χ2n) is 7.98. The Kier molecular flexibility index (Phi) is 8.45. The molecular formula is C22H28ClN3O6S2. The summed E-state index contributed by atoms with van der Waals surface area (Å²) in [4.78, 5) is 12.6. The summed E-state index contributed by atoms with van der Waals surface area (Å²) in [6.45, 7) is 2.67. The van der Waals surface area contributed by atoms with E-state index in [9.17, 15) is 21.6 Å². The normalized spacial score (nSPS) is 14.7. The van der Waals surface area contributed by atoms with Crippen molar-refractivity contribution in [2.24, 2.45) is 0 Å². The lowest BCUT2D eigenvalue weighted by atomic mass is 10.2. The summed E-state index contributed by atoms with van der Waals surface area (Å²) in [5.74, 6) is -0.0395. The van der Waals surface area contributed by atoms with E-state index in [0.717, 1.165) is 23.4 Å². The highest BCUT2D eigenvalue weighted by atomic mass is 35.5. The molecule has 0 spiro atoms. The van der Waals surface area contributed by atoms with E-state index < -0.39 is 32.5 Å². The molecular weight excluding hydrogens is 502 g/mol. The van der Waals surface area contributed by atoms with Crippen molar-refractivity contribution in [3.8, 4) is 5.75 Å². The van der Waals surface area contributed by atoms with Gasteiger partial charge in [0, 0.05) is 18.1 Å². The Hall–Kier alpha value is -2.34. The van der Waals surface area contributed by atoms with Gasteiger partial charge in [-0.05, 0) is 61.7 Å². The number of halogens is 1. The summed E-state index contributed by atoms with van der Waals surface area (Å²) in [6.07, 6.45) is 2.76. The van der Waals surface area contributed by atoms with Crippen LogP contribution in [0.2, 0.25) is 5.02 Å². The second-order valence-corrected chi connectivity index (χ2v) is 12.3. The third kappa shape index (κ3) is 6.62. The minimum absolute atomic E-state index is 0.124. The summed E-state index contributed by atoms with van der Waals surface area (Å²) >= 11 is 6.00. The first-order chi connectivity index (χ1) is 16.0. The molecule has 186 valence electrons. The van der Waals surface area contributed by atoms with Gasteiger partial charge in [-0.1, -0.05) is 17.7 Å². The Balaban J connectivity index is 1.52. The molecule has 0 bridgehead atoms. The summed E-state index contributed by atoms with van der Waals surface area (Å²) in [7, 11) is -7.20. The predicted octanol–water partition coefficient (Wildman–Crippen LogP) is 2.39. The van der Waals surface area contributed by atoms with Crippen LogP contribution in [0.5, 0.6) is 5.75 Å². The molecule has 0 atom stereocenters. The molecule has 0 radical (unpaired) electrons. The number of benzene rings is 2. The van der Waals surface area contributed by atoms with Gasteiger partial charge in [-0.25, -0.2) is 16.8 Å². The van der Waals surface area contributed by atoms with Gasteiger partial charge in [0.15, 0.2) is 0 Å². The minimum Gasteiger partial charge on any atom is -0.492 e. The second kappa shape index (κ2) is 10.9. The highest BCUT2D eigenvalue weighted by Gasteiger charge is 2.27. The van der Waals surface area contributed by atoms with Crippen molar-refractivity contribution >= 4 is 43.2 Å². The zero-order valence-electron chi connectivity index (χ0n) is 19.0. The zero-order valence-corrected chi connectivity index (χ0v) is 21.4. The van der Waals surface area contributed by atoms with Crippen LogP contribution in [0.15, 0.2) is 47.4 Å². The van der Waals surface area contributed by atoms with Gasteiger partial charge in [-0.3, -0.25) is 9.10 Å². The molecule has 1 heterocycles. The Morgan fingerprint density at radius 2 is 1.74 bits per heavy atom. The molecule has 3 rings (SSSR count). The maximum absolute atomic E-state index is 12.6. The van der Waals surface area contributed by atoms with E-state index in [4.69, 9.17) is 16.3 Å². The third-order valence-corrected chi connectivity index (χ3v) is 8.62. The van der Waals surface area contributed by atoms with Gasteiger partial charge >= 0.3 is 0 Å². The van der Waals surface area contributed by atoms with Crippen molar-refractivity contribution in [1.29, 1.82) is 0 Å². The molecule has 2 aromatic rings. The van der Waals surface area contributed by atoms with Crippen LogP contribution in [0, 0.1) is 6.92 Å². The number of carbonyl (C=O) groups excluding carboxylic acids is 1. The van der Waals surface area contributed by atoms with Gasteiger partial charge in [0.1, 0.15) is 18.9 Å². The van der Waals surface area contributed by atoms with Crippen molar-refractivity contribution in [1.82, 2.24) is 9.62 Å². The molecule has 9 nitrogen and oxygen atoms in total. The monoisotopic (exact) mass is 529 g/mol. The fraction of sp³-hybridized carbons (Fsp3) is 0.409. The summed E-state index contributed by atoms with van der Waals surface area (Å²) in [5, 5.41) is 2.99. The van der Waals surface area contributed by atoms with Crippen LogP contribution >= 0.6 is 11.6 Å². The molecule has 12 heteroatoms. The van der Waals surface area contributed by atoms with E-state index >= 15 is 0 Å². The SMILES string of the molecule is Cc1ccc(Cl)cc1N(CC(=O)NCCOc1ccc(S(=O)(=O)N2CCCC2)cc1)S(C)(=O)=O. The van der Waals surface area contributed by atoms with Crippen LogP contribution in [0.1, 0.15) is 18.4 Å². The molecule has 1 amide bonds. The first-order valence-electron chi connectivity index (χ1n) is 10.7. The number of hydrogen-bond acceptors (Lipinski definition) is 6. The van der Waals surface area contributed by atoms with Crippen LogP contribution in [-0.2, 0) is 24.8 Å². The topological polar surface area (TPSA) is 113 Å². The van der Waals surface area contributed by atoms with Crippen LogP contribution in [0.25, 0.3) is 0 Å². The Labute approximate surface area is 205 Å². The first kappa shape index (κ1) is 26.3. The van der Waals surface area contributed by atoms with E-state index in [2.05, 4.69) is 5.32 Å². The van der Waals surface area contributed by atoms with Crippen LogP contribution in [0.4, 0.5) is 5.69 Å². The molecule has 0 aromatic heterocycles. The Bertz CT molecular complexity index is 1230. The fourth-order valence-electron chi connectivity index (χ4n) is 3.56. The highest BCUT2D eigenvalue weighted by Crippen LogP contribution is 2.26. The number of sulfonamides is 2. The van der Waals surface area contributed by atoms with Crippen LogP contribution in [0.3, 0.4) is 0 Å². The van der Waals surface area contributed by atoms with Gasteiger partial charge in [0.05, 0.1) is 23.4 Å². The van der Waals surface area contributed by atoms with Crippen molar-refractivity contribution in [2.45, 2.75) is 24.7 Å². The average Bonchev–Trinajstić information content (AvgIpc) is 3.32. The van der Waals surface area contributed by atoms with Gasteiger partial charge < -0.3 is 10.1 Å². The van der Waals surface area contributed by atoms with Gasteiger partial charge in [0.2, 0.25) is 26.0 Å². The highest BCUT2D eigenvalue weighted by molar-refractivity contribution is 7.92. The van der Waals surface area contributed by atoms with Gasteiger partial charge in [0.25, 0.3) is 0 Å². The molecule has 0 saturated carbocycles. The van der Waals surface area contributed by atoms with E-state index in [-0.39, 0.29) is 18.0 Å². The molecule has 1 fully saturated rings. The van der Waals surface area contributed by atoms with E-state index in [1.807, 2.05) is 0 Å². The molecule has 1 saturated heterocycles. The maximum Gasteiger partial charge on any atom is 0.243 e. The molecule has 1 aliphatic heterocycles. The number of nitrogens with one attached hydrogen (secondary N) is 1. The summed E-state index contributed by atoms with van der Waals surface area (Å²) in [6, 6.07) is 11.0. The number of ether oxygens (including phenoxy) is 1. The number of nitrogens with zero attached hydrogens (tertiary/aromatic N) is 2. The van der Waals surface area contributed by atoms with E-state index in [1.165, 1.54) is 22.5 Å². The molecule has 1 N–H and O–H groups in total. The van der Waals surface area contributed by atoms with Crippen LogP contribution < -0.4 is 14.4 Å². The number of amides is 1. The molecule has 2 aromatic carbocycles. The first-order valence-corrected chi connectivity index (χ1v) is 14.4. The standard InChI is InChI=1S/C22H28ClN3O6S2/c1-17-5-6-18(23)15-21(17)26(33(2,28)29)16-22(27)24-11-14-32-19-7-9-20(10-8-19)34(30,31)25-12-3-4-13-25/h5-10,15H,3-4,11-14,16H2,1-2H3,(H,24,27). The van der Waals surface area contributed by atoms with Crippen LogP contribution in [-0.4, -0.2) is 66.1 Å². The Morgan fingerprint density at radius 3 is 2.35 bits per heavy atom. The Morgan fingerprint density at radius 1 is 1.09 bits per heavy atom. The van der Waals surface area contributed by atoms with Crippen molar-refractivity contribution in [3.05, 3.63) is 53.1 Å². The van der Waals surface area contributed by atoms with Crippen molar-refractivity contribution in [3.63, 3.8) is 0 Å². The quantitative estimate of drug-likeness (QED) is 0.473. The predicted molar refractivity (Wildman–Crippen MR) is 131 cm³/mol. The number of rotatable bonds is 10. The lowest BCUT2D eigenvalue weighted by Gasteiger charge is -2.23. The largest absolute Gasteiger partial charge is 0.492 e.